The van der Waals surface area contributed by atoms with Crippen LogP contribution in [0.2, 0.25) is 0 Å². The molecule has 14 heavy (non-hydrogen) atoms. The zero-order valence-electron chi connectivity index (χ0n) is 8.10. The summed E-state index contributed by atoms with van der Waals surface area (Å²) in [5.74, 6) is 0.550. The zero-order valence-corrected chi connectivity index (χ0v) is 8.10. The molecular weight excluding hydrogens is 172 g/mol. The molecule has 2 aliphatic rings. The normalized spacial score (nSPS) is 29.4. The van der Waals surface area contributed by atoms with Gasteiger partial charge in [-0.2, -0.15) is 0 Å². The molecule has 0 aromatic rings. The van der Waals surface area contributed by atoms with Crippen molar-refractivity contribution in [3.8, 4) is 0 Å². The third-order valence-corrected chi connectivity index (χ3v) is 2.69. The van der Waals surface area contributed by atoms with Crippen LogP contribution in [-0.2, 0) is 4.79 Å². The Balaban J connectivity index is 2.01. The summed E-state index contributed by atoms with van der Waals surface area (Å²) in [7, 11) is 0. The molecule has 0 bridgehead atoms. The molecule has 1 heteroatoms. The lowest BCUT2D eigenvalue weighted by Crippen LogP contribution is -2.21. The highest BCUT2D eigenvalue weighted by molar-refractivity contribution is 5.87. The second-order valence-electron chi connectivity index (χ2n) is 3.71. The standard InChI is InChI=1S/C13H14O/c14-13(11-7-3-1-4-8-11)12-9-5-2-6-10-12/h1-7,9,11-12H,8,10H2. The zero-order chi connectivity index (χ0) is 9.80. The smallest absolute Gasteiger partial charge is 0.147 e. The molecule has 0 aromatic heterocycles. The SMILES string of the molecule is O=C(C1C=CC=CC1)C1C=CC=CC1. The lowest BCUT2D eigenvalue weighted by Gasteiger charge is -2.18. The summed E-state index contributed by atoms with van der Waals surface area (Å²) >= 11 is 0. The fourth-order valence-corrected chi connectivity index (χ4v) is 1.86. The predicted molar refractivity (Wildman–Crippen MR) is 57.8 cm³/mol. The van der Waals surface area contributed by atoms with Gasteiger partial charge in [-0.1, -0.05) is 48.6 Å². The first kappa shape index (κ1) is 9.20. The number of hydrogen-bond acceptors (Lipinski definition) is 1. The highest BCUT2D eigenvalue weighted by Crippen LogP contribution is 2.22. The van der Waals surface area contributed by atoms with E-state index >= 15 is 0 Å². The summed E-state index contributed by atoms with van der Waals surface area (Å²) in [6.07, 6.45) is 17.8. The van der Waals surface area contributed by atoms with Gasteiger partial charge < -0.3 is 0 Å². The van der Waals surface area contributed by atoms with Crippen molar-refractivity contribution in [1.82, 2.24) is 0 Å². The molecule has 0 N–H and O–H groups in total. The van der Waals surface area contributed by atoms with Gasteiger partial charge in [-0.05, 0) is 12.8 Å². The van der Waals surface area contributed by atoms with E-state index in [9.17, 15) is 4.79 Å². The van der Waals surface area contributed by atoms with E-state index in [-0.39, 0.29) is 11.8 Å². The second-order valence-corrected chi connectivity index (χ2v) is 3.71. The number of ketones is 1. The highest BCUT2D eigenvalue weighted by Gasteiger charge is 2.22. The monoisotopic (exact) mass is 186 g/mol. The van der Waals surface area contributed by atoms with E-state index in [1.54, 1.807) is 0 Å². The molecule has 0 saturated heterocycles. The Morgan fingerprint density at radius 2 is 1.36 bits per heavy atom. The minimum atomic E-state index is 0.0983. The minimum Gasteiger partial charge on any atom is -0.298 e. The number of carbonyl (C=O) groups is 1. The molecular formula is C13H14O. The number of allylic oxidation sites excluding steroid dienone is 8. The van der Waals surface area contributed by atoms with Crippen molar-refractivity contribution in [2.24, 2.45) is 11.8 Å². The average molecular weight is 186 g/mol. The second kappa shape index (κ2) is 4.23. The van der Waals surface area contributed by atoms with E-state index in [1.165, 1.54) is 0 Å². The summed E-state index contributed by atoms with van der Waals surface area (Å²) in [4.78, 5) is 12.0. The van der Waals surface area contributed by atoms with Crippen molar-refractivity contribution in [2.45, 2.75) is 12.8 Å². The van der Waals surface area contributed by atoms with Crippen LogP contribution in [0.25, 0.3) is 0 Å². The summed E-state index contributed by atoms with van der Waals surface area (Å²) in [6.45, 7) is 0. The molecule has 0 saturated carbocycles. The summed E-state index contributed by atoms with van der Waals surface area (Å²) < 4.78 is 0. The lowest BCUT2D eigenvalue weighted by atomic mass is 9.85. The Hall–Kier alpha value is -1.37. The Morgan fingerprint density at radius 3 is 1.71 bits per heavy atom. The van der Waals surface area contributed by atoms with Crippen LogP contribution in [-0.4, -0.2) is 5.78 Å². The van der Waals surface area contributed by atoms with Gasteiger partial charge in [0.05, 0.1) is 0 Å². The fraction of sp³-hybridized carbons (Fsp3) is 0.308. The largest absolute Gasteiger partial charge is 0.298 e. The van der Waals surface area contributed by atoms with Gasteiger partial charge in [0.15, 0.2) is 0 Å². The van der Waals surface area contributed by atoms with Crippen molar-refractivity contribution in [1.29, 1.82) is 0 Å². The number of carbonyl (C=O) groups excluding carboxylic acids is 1. The predicted octanol–water partition coefficient (Wildman–Crippen LogP) is 2.82. The van der Waals surface area contributed by atoms with Gasteiger partial charge in [-0.3, -0.25) is 4.79 Å². The maximum absolute atomic E-state index is 12.0. The van der Waals surface area contributed by atoms with E-state index in [1.807, 2.05) is 36.5 Å². The number of hydrogen-bond donors (Lipinski definition) is 0. The molecule has 0 heterocycles. The minimum absolute atomic E-state index is 0.0983. The maximum atomic E-state index is 12.0. The Labute approximate surface area is 84.5 Å². The first-order chi connectivity index (χ1) is 6.88. The van der Waals surface area contributed by atoms with Gasteiger partial charge >= 0.3 is 0 Å². The van der Waals surface area contributed by atoms with Gasteiger partial charge in [0.2, 0.25) is 0 Å². The van der Waals surface area contributed by atoms with Crippen molar-refractivity contribution in [2.75, 3.05) is 0 Å². The van der Waals surface area contributed by atoms with E-state index in [2.05, 4.69) is 12.2 Å². The topological polar surface area (TPSA) is 17.1 Å². The first-order valence-corrected chi connectivity index (χ1v) is 5.08. The lowest BCUT2D eigenvalue weighted by molar-refractivity contribution is -0.123. The summed E-state index contributed by atoms with van der Waals surface area (Å²) in [6, 6.07) is 0. The average Bonchev–Trinajstić information content (AvgIpc) is 2.30. The molecule has 2 aliphatic carbocycles. The van der Waals surface area contributed by atoms with E-state index in [0.717, 1.165) is 12.8 Å². The van der Waals surface area contributed by atoms with Gasteiger partial charge in [-0.25, -0.2) is 0 Å². The van der Waals surface area contributed by atoms with Crippen LogP contribution in [0.4, 0.5) is 0 Å². The molecule has 0 fully saturated rings. The fourth-order valence-electron chi connectivity index (χ4n) is 1.86. The van der Waals surface area contributed by atoms with E-state index in [0.29, 0.717) is 5.78 Å². The van der Waals surface area contributed by atoms with Crippen molar-refractivity contribution in [3.05, 3.63) is 48.6 Å². The molecule has 2 unspecified atom stereocenters. The van der Waals surface area contributed by atoms with Crippen LogP contribution in [0.3, 0.4) is 0 Å². The molecule has 2 atom stereocenters. The van der Waals surface area contributed by atoms with Gasteiger partial charge in [0.25, 0.3) is 0 Å². The van der Waals surface area contributed by atoms with Crippen molar-refractivity contribution < 1.29 is 4.79 Å². The number of rotatable bonds is 2. The molecule has 1 nitrogen and oxygen atoms in total. The molecule has 0 aromatic carbocycles. The van der Waals surface area contributed by atoms with Crippen LogP contribution >= 0.6 is 0 Å². The van der Waals surface area contributed by atoms with Crippen LogP contribution in [0.5, 0.6) is 0 Å². The van der Waals surface area contributed by atoms with Crippen molar-refractivity contribution in [3.63, 3.8) is 0 Å². The maximum Gasteiger partial charge on any atom is 0.147 e. The molecule has 2 rings (SSSR count). The molecule has 0 spiro atoms. The Kier molecular flexibility index (Phi) is 2.78. The summed E-state index contributed by atoms with van der Waals surface area (Å²) in [5, 5.41) is 0. The van der Waals surface area contributed by atoms with Crippen LogP contribution < -0.4 is 0 Å². The van der Waals surface area contributed by atoms with Gasteiger partial charge in [0.1, 0.15) is 5.78 Å². The molecule has 72 valence electrons. The number of Topliss-reactive ketones (excluding diaryl/α,β-unsaturated/α-hetero) is 1. The molecule has 0 aliphatic heterocycles. The van der Waals surface area contributed by atoms with E-state index in [4.69, 9.17) is 0 Å². The Bertz CT molecular complexity index is 299. The first-order valence-electron chi connectivity index (χ1n) is 5.08. The van der Waals surface area contributed by atoms with Crippen molar-refractivity contribution >= 4 is 5.78 Å². The molecule has 0 amide bonds. The Morgan fingerprint density at radius 1 is 0.857 bits per heavy atom. The highest BCUT2D eigenvalue weighted by atomic mass is 16.1. The van der Waals surface area contributed by atoms with Crippen LogP contribution in [0.1, 0.15) is 12.8 Å². The molecule has 0 radical (unpaired) electrons. The summed E-state index contributed by atoms with van der Waals surface area (Å²) in [5.41, 5.74) is 0. The van der Waals surface area contributed by atoms with Crippen LogP contribution in [0.15, 0.2) is 48.6 Å². The van der Waals surface area contributed by atoms with Crippen LogP contribution in [0, 0.1) is 11.8 Å². The quantitative estimate of drug-likeness (QED) is 0.648. The van der Waals surface area contributed by atoms with Gasteiger partial charge in [0, 0.05) is 11.8 Å². The third-order valence-electron chi connectivity index (χ3n) is 2.69. The third kappa shape index (κ3) is 1.92. The van der Waals surface area contributed by atoms with E-state index < -0.39 is 0 Å². The van der Waals surface area contributed by atoms with Gasteiger partial charge in [-0.15, -0.1) is 0 Å².